The number of fused-ring (bicyclic) bond motifs is 10. The molecule has 0 saturated carbocycles. The summed E-state index contributed by atoms with van der Waals surface area (Å²) in [4.78, 5) is 15.5. The van der Waals surface area contributed by atoms with Gasteiger partial charge in [0.15, 0.2) is 5.82 Å². The summed E-state index contributed by atoms with van der Waals surface area (Å²) < 4.78 is 0. The molecule has 11 rings (SSSR count). The SMILES string of the molecule is c1ccc2cc(-c3nc(-c4ccc(-c5ccc(-c6nc7ccccc7c7c8ccccc8c8ccccc8c67)cc5)cc4)nc4ccccc34)ccc2c1. The summed E-state index contributed by atoms with van der Waals surface area (Å²) in [5.74, 6) is 0.716. The van der Waals surface area contributed by atoms with Gasteiger partial charge in [-0.2, -0.15) is 0 Å². The third kappa shape index (κ3) is 4.87. The van der Waals surface area contributed by atoms with Crippen LogP contribution in [0.3, 0.4) is 0 Å². The highest BCUT2D eigenvalue weighted by molar-refractivity contribution is 6.33. The number of hydrogen-bond acceptors (Lipinski definition) is 3. The first-order valence-electron chi connectivity index (χ1n) is 18.4. The van der Waals surface area contributed by atoms with Crippen molar-refractivity contribution >= 4 is 64.9 Å². The zero-order valence-electron chi connectivity index (χ0n) is 29.2. The van der Waals surface area contributed by atoms with E-state index in [-0.39, 0.29) is 0 Å². The van der Waals surface area contributed by atoms with E-state index in [1.165, 1.54) is 48.5 Å². The quantitative estimate of drug-likeness (QED) is 0.173. The van der Waals surface area contributed by atoms with E-state index in [1.54, 1.807) is 0 Å². The van der Waals surface area contributed by atoms with Crippen LogP contribution in [-0.2, 0) is 0 Å². The van der Waals surface area contributed by atoms with Crippen molar-refractivity contribution in [2.24, 2.45) is 0 Å². The molecule has 54 heavy (non-hydrogen) atoms. The molecule has 3 nitrogen and oxygen atoms in total. The van der Waals surface area contributed by atoms with Gasteiger partial charge in [0.1, 0.15) is 0 Å². The van der Waals surface area contributed by atoms with E-state index in [2.05, 4.69) is 182 Å². The van der Waals surface area contributed by atoms with Gasteiger partial charge in [-0.25, -0.2) is 15.0 Å². The topological polar surface area (TPSA) is 38.7 Å². The minimum atomic E-state index is 0.716. The average molecular weight is 686 g/mol. The fourth-order valence-corrected chi connectivity index (χ4v) is 8.23. The fourth-order valence-electron chi connectivity index (χ4n) is 8.23. The number of benzene rings is 9. The van der Waals surface area contributed by atoms with E-state index in [4.69, 9.17) is 15.0 Å². The van der Waals surface area contributed by atoms with Gasteiger partial charge in [-0.3, -0.25) is 0 Å². The van der Waals surface area contributed by atoms with Crippen molar-refractivity contribution in [1.82, 2.24) is 15.0 Å². The van der Waals surface area contributed by atoms with E-state index in [0.29, 0.717) is 5.82 Å². The first-order chi connectivity index (χ1) is 26.8. The van der Waals surface area contributed by atoms with Crippen LogP contribution < -0.4 is 0 Å². The Hall–Kier alpha value is -7.23. The lowest BCUT2D eigenvalue weighted by molar-refractivity contribution is 1.23. The lowest BCUT2D eigenvalue weighted by Gasteiger charge is -2.16. The van der Waals surface area contributed by atoms with Crippen molar-refractivity contribution in [3.8, 4) is 45.0 Å². The van der Waals surface area contributed by atoms with Crippen molar-refractivity contribution in [2.75, 3.05) is 0 Å². The maximum atomic E-state index is 5.33. The minimum Gasteiger partial charge on any atom is -0.247 e. The van der Waals surface area contributed by atoms with Gasteiger partial charge in [0.05, 0.1) is 22.4 Å². The Morgan fingerprint density at radius 3 is 1.43 bits per heavy atom. The van der Waals surface area contributed by atoms with Gasteiger partial charge in [-0.1, -0.05) is 170 Å². The Morgan fingerprint density at radius 2 is 0.741 bits per heavy atom. The van der Waals surface area contributed by atoms with Gasteiger partial charge >= 0.3 is 0 Å². The van der Waals surface area contributed by atoms with Gasteiger partial charge in [-0.15, -0.1) is 0 Å². The summed E-state index contributed by atoms with van der Waals surface area (Å²) in [7, 11) is 0. The van der Waals surface area contributed by atoms with Crippen LogP contribution in [0.2, 0.25) is 0 Å². The first-order valence-corrected chi connectivity index (χ1v) is 18.4. The molecule has 9 aromatic carbocycles. The lowest BCUT2D eigenvalue weighted by Crippen LogP contribution is -1.95. The first kappa shape index (κ1) is 30.4. The Bertz CT molecular complexity index is 3260. The monoisotopic (exact) mass is 685 g/mol. The van der Waals surface area contributed by atoms with Crippen molar-refractivity contribution in [2.45, 2.75) is 0 Å². The molecule has 0 N–H and O–H groups in total. The van der Waals surface area contributed by atoms with Crippen LogP contribution >= 0.6 is 0 Å². The average Bonchev–Trinajstić information content (AvgIpc) is 3.25. The van der Waals surface area contributed by atoms with Crippen LogP contribution in [0.4, 0.5) is 0 Å². The zero-order valence-corrected chi connectivity index (χ0v) is 29.2. The third-order valence-electron chi connectivity index (χ3n) is 10.8. The second-order valence-electron chi connectivity index (χ2n) is 13.9. The van der Waals surface area contributed by atoms with Gasteiger partial charge in [0.2, 0.25) is 0 Å². The van der Waals surface area contributed by atoms with Gasteiger partial charge in [0.25, 0.3) is 0 Å². The number of rotatable bonds is 4. The maximum Gasteiger partial charge on any atom is 0.160 e. The smallest absolute Gasteiger partial charge is 0.160 e. The molecule has 0 aliphatic rings. The summed E-state index contributed by atoms with van der Waals surface area (Å²) in [5, 5.41) is 12.1. The summed E-state index contributed by atoms with van der Waals surface area (Å²) in [6.45, 7) is 0. The molecule has 0 saturated heterocycles. The van der Waals surface area contributed by atoms with Crippen LogP contribution in [0.5, 0.6) is 0 Å². The predicted molar refractivity (Wildman–Crippen MR) is 227 cm³/mol. The summed E-state index contributed by atoms with van der Waals surface area (Å²) in [6, 6.07) is 66.7. The largest absolute Gasteiger partial charge is 0.247 e. The summed E-state index contributed by atoms with van der Waals surface area (Å²) >= 11 is 0. The molecule has 0 atom stereocenters. The normalized spacial score (nSPS) is 11.7. The second-order valence-corrected chi connectivity index (χ2v) is 13.9. The fraction of sp³-hybridized carbons (Fsp3) is 0. The molecule has 0 spiro atoms. The van der Waals surface area contributed by atoms with E-state index in [9.17, 15) is 0 Å². The molecule has 2 heterocycles. The Kier molecular flexibility index (Phi) is 6.86. The van der Waals surface area contributed by atoms with Crippen LogP contribution in [0.25, 0.3) is 110 Å². The summed E-state index contributed by atoms with van der Waals surface area (Å²) in [6.07, 6.45) is 0. The summed E-state index contributed by atoms with van der Waals surface area (Å²) in [5.41, 5.74) is 9.31. The maximum absolute atomic E-state index is 5.33. The van der Waals surface area contributed by atoms with E-state index >= 15 is 0 Å². The minimum absolute atomic E-state index is 0.716. The zero-order chi connectivity index (χ0) is 35.6. The standard InChI is InChI=1S/C51H31N3/c1-2-12-37-31-38(30-25-32(37)11-1)49-44-18-8-10-20-46(44)53-51(54-49)36-28-23-34(24-29-36)33-21-26-35(27-22-33)50-48-42-16-6-4-14-40(42)39-13-3-5-15-41(39)47(48)43-17-7-9-19-45(43)52-50/h1-31H. The molecule has 0 amide bonds. The molecule has 11 aromatic rings. The molecule has 3 heteroatoms. The third-order valence-corrected chi connectivity index (χ3v) is 10.8. The highest BCUT2D eigenvalue weighted by Crippen LogP contribution is 2.43. The van der Waals surface area contributed by atoms with E-state index in [1.807, 2.05) is 6.07 Å². The molecule has 2 aromatic heterocycles. The van der Waals surface area contributed by atoms with Crippen LogP contribution in [-0.4, -0.2) is 15.0 Å². The molecule has 0 aliphatic heterocycles. The van der Waals surface area contributed by atoms with Crippen LogP contribution in [0.15, 0.2) is 188 Å². The van der Waals surface area contributed by atoms with Gasteiger partial charge < -0.3 is 0 Å². The molecule has 0 aliphatic carbocycles. The molecule has 0 radical (unpaired) electrons. The van der Waals surface area contributed by atoms with Crippen LogP contribution in [0, 0.1) is 0 Å². The highest BCUT2D eigenvalue weighted by Gasteiger charge is 2.18. The number of hydrogen-bond donors (Lipinski definition) is 0. The molecule has 0 unspecified atom stereocenters. The molecular formula is C51H31N3. The van der Waals surface area contributed by atoms with Crippen molar-refractivity contribution in [3.63, 3.8) is 0 Å². The van der Waals surface area contributed by atoms with Gasteiger partial charge in [0, 0.05) is 38.2 Å². The van der Waals surface area contributed by atoms with Crippen molar-refractivity contribution < 1.29 is 0 Å². The molecular weight excluding hydrogens is 655 g/mol. The Morgan fingerprint density at radius 1 is 0.259 bits per heavy atom. The Balaban J connectivity index is 0.997. The van der Waals surface area contributed by atoms with E-state index < -0.39 is 0 Å². The lowest BCUT2D eigenvalue weighted by atomic mass is 9.89. The predicted octanol–water partition coefficient (Wildman–Crippen LogP) is 13.5. The molecule has 250 valence electrons. The van der Waals surface area contributed by atoms with E-state index in [0.717, 1.165) is 55.6 Å². The van der Waals surface area contributed by atoms with Crippen molar-refractivity contribution in [3.05, 3.63) is 188 Å². The number of pyridine rings is 1. The second kappa shape index (κ2) is 12.2. The van der Waals surface area contributed by atoms with Gasteiger partial charge in [-0.05, 0) is 61.6 Å². The molecule has 0 fully saturated rings. The highest BCUT2D eigenvalue weighted by atomic mass is 14.9. The number of para-hydroxylation sites is 2. The molecule has 0 bridgehead atoms. The Labute approximate surface area is 311 Å². The number of aromatic nitrogens is 3. The van der Waals surface area contributed by atoms with Crippen molar-refractivity contribution in [1.29, 1.82) is 0 Å². The number of nitrogens with zero attached hydrogens (tertiary/aromatic N) is 3. The van der Waals surface area contributed by atoms with Crippen LogP contribution in [0.1, 0.15) is 0 Å².